The lowest BCUT2D eigenvalue weighted by molar-refractivity contribution is -0.113. The molecule has 34 heavy (non-hydrogen) atoms. The predicted octanol–water partition coefficient (Wildman–Crippen LogP) is 4.77. The van der Waals surface area contributed by atoms with Crippen LogP contribution in [0.1, 0.15) is 41.6 Å². The van der Waals surface area contributed by atoms with E-state index in [-0.39, 0.29) is 35.3 Å². The van der Waals surface area contributed by atoms with Crippen LogP contribution in [0.3, 0.4) is 0 Å². The fourth-order valence-electron chi connectivity index (χ4n) is 3.34. The molecule has 0 aliphatic rings. The third kappa shape index (κ3) is 6.54. The van der Waals surface area contributed by atoms with Crippen molar-refractivity contribution in [1.82, 2.24) is 20.1 Å². The Morgan fingerprint density at radius 1 is 1.18 bits per heavy atom. The Balaban J connectivity index is 1.74. The summed E-state index contributed by atoms with van der Waals surface area (Å²) in [5, 5.41) is 15.0. The van der Waals surface area contributed by atoms with Gasteiger partial charge in [0, 0.05) is 17.8 Å². The first kappa shape index (κ1) is 25.2. The quantitative estimate of drug-likeness (QED) is 0.322. The van der Waals surface area contributed by atoms with Gasteiger partial charge in [0.15, 0.2) is 11.0 Å². The number of hydrogen-bond acceptors (Lipinski definition) is 5. The average Bonchev–Trinajstić information content (AvgIpc) is 3.19. The summed E-state index contributed by atoms with van der Waals surface area (Å²) in [6.45, 7) is 10.2. The van der Waals surface area contributed by atoms with E-state index in [0.29, 0.717) is 28.8 Å². The first-order valence-electron chi connectivity index (χ1n) is 10.9. The first-order chi connectivity index (χ1) is 16.3. The van der Waals surface area contributed by atoms with E-state index < -0.39 is 0 Å². The summed E-state index contributed by atoms with van der Waals surface area (Å²) in [6.07, 6.45) is 1.72. The minimum atomic E-state index is -0.386. The number of benzene rings is 2. The fraction of sp³-hybridized carbons (Fsp3) is 0.280. The molecule has 1 atom stereocenters. The lowest BCUT2D eigenvalue weighted by Gasteiger charge is -2.22. The Morgan fingerprint density at radius 3 is 2.56 bits per heavy atom. The number of aromatic nitrogens is 3. The molecule has 0 aliphatic heterocycles. The van der Waals surface area contributed by atoms with Crippen LogP contribution in [0.15, 0.2) is 66.3 Å². The van der Waals surface area contributed by atoms with Gasteiger partial charge in [0.05, 0.1) is 11.8 Å². The van der Waals surface area contributed by atoms with Gasteiger partial charge in [-0.1, -0.05) is 49.4 Å². The summed E-state index contributed by atoms with van der Waals surface area (Å²) in [5.74, 6) is -0.0812. The summed E-state index contributed by atoms with van der Waals surface area (Å²) in [7, 11) is 0. The van der Waals surface area contributed by atoms with Crippen LogP contribution in [-0.2, 0) is 11.3 Å². The molecule has 0 aliphatic carbocycles. The highest BCUT2D eigenvalue weighted by Gasteiger charge is 2.26. The SMILES string of the molecule is C=CCn1c(SCC(=O)Nc2ccc(F)cc2)nnc1[C@@H](NC(=O)c1cccc(C)c1)C(C)C. The van der Waals surface area contributed by atoms with Gasteiger partial charge in [0.25, 0.3) is 5.91 Å². The topological polar surface area (TPSA) is 88.9 Å². The third-order valence-corrected chi connectivity index (χ3v) is 6.00. The van der Waals surface area contributed by atoms with Gasteiger partial charge in [-0.25, -0.2) is 4.39 Å². The zero-order chi connectivity index (χ0) is 24.7. The molecule has 0 unspecified atom stereocenters. The number of nitrogens with zero attached hydrogens (tertiary/aromatic N) is 3. The van der Waals surface area contributed by atoms with E-state index in [9.17, 15) is 14.0 Å². The van der Waals surface area contributed by atoms with Gasteiger partial charge in [0.2, 0.25) is 5.91 Å². The molecule has 2 aromatic carbocycles. The van der Waals surface area contributed by atoms with E-state index in [1.807, 2.05) is 43.5 Å². The average molecular weight is 482 g/mol. The zero-order valence-corrected chi connectivity index (χ0v) is 20.2. The summed E-state index contributed by atoms with van der Waals surface area (Å²) in [5.41, 5.74) is 2.09. The molecule has 0 bridgehead atoms. The van der Waals surface area contributed by atoms with Gasteiger partial charge in [-0.2, -0.15) is 0 Å². The maximum absolute atomic E-state index is 13.1. The van der Waals surface area contributed by atoms with Crippen molar-refractivity contribution in [3.8, 4) is 0 Å². The summed E-state index contributed by atoms with van der Waals surface area (Å²) in [4.78, 5) is 25.3. The van der Waals surface area contributed by atoms with Gasteiger partial charge in [-0.3, -0.25) is 9.59 Å². The number of anilines is 1. The lowest BCUT2D eigenvalue weighted by Crippen LogP contribution is -2.34. The van der Waals surface area contributed by atoms with Gasteiger partial charge >= 0.3 is 0 Å². The van der Waals surface area contributed by atoms with Gasteiger partial charge in [-0.15, -0.1) is 16.8 Å². The predicted molar refractivity (Wildman–Crippen MR) is 132 cm³/mol. The van der Waals surface area contributed by atoms with Crippen LogP contribution in [0.4, 0.5) is 10.1 Å². The Bertz CT molecular complexity index is 1160. The van der Waals surface area contributed by atoms with E-state index in [0.717, 1.165) is 5.56 Å². The Labute approximate surface area is 202 Å². The van der Waals surface area contributed by atoms with Crippen molar-refractivity contribution in [2.24, 2.45) is 5.92 Å². The normalized spacial score (nSPS) is 11.8. The molecule has 2 N–H and O–H groups in total. The van der Waals surface area contributed by atoms with Crippen LogP contribution in [0.25, 0.3) is 0 Å². The molecule has 3 rings (SSSR count). The number of hydrogen-bond donors (Lipinski definition) is 2. The summed E-state index contributed by atoms with van der Waals surface area (Å²) < 4.78 is 14.9. The van der Waals surface area contributed by atoms with E-state index in [1.54, 1.807) is 12.1 Å². The second kappa shape index (κ2) is 11.6. The highest BCUT2D eigenvalue weighted by Crippen LogP contribution is 2.26. The number of aryl methyl sites for hydroxylation is 1. The number of halogens is 1. The molecule has 3 aromatic rings. The van der Waals surface area contributed by atoms with Crippen LogP contribution >= 0.6 is 11.8 Å². The van der Waals surface area contributed by atoms with Crippen molar-refractivity contribution in [2.75, 3.05) is 11.1 Å². The fourth-order valence-corrected chi connectivity index (χ4v) is 4.09. The molecule has 178 valence electrons. The van der Waals surface area contributed by atoms with Crippen molar-refractivity contribution >= 4 is 29.3 Å². The van der Waals surface area contributed by atoms with Crippen molar-refractivity contribution in [1.29, 1.82) is 0 Å². The monoisotopic (exact) mass is 481 g/mol. The van der Waals surface area contributed by atoms with Crippen LogP contribution in [0.2, 0.25) is 0 Å². The maximum Gasteiger partial charge on any atom is 0.251 e. The van der Waals surface area contributed by atoms with Crippen LogP contribution in [-0.4, -0.2) is 32.3 Å². The van der Waals surface area contributed by atoms with Gasteiger partial charge in [-0.05, 0) is 49.2 Å². The smallest absolute Gasteiger partial charge is 0.251 e. The molecule has 1 heterocycles. The molecule has 0 radical (unpaired) electrons. The Kier molecular flexibility index (Phi) is 8.59. The van der Waals surface area contributed by atoms with E-state index in [4.69, 9.17) is 0 Å². The molecule has 0 fully saturated rings. The molecule has 0 saturated heterocycles. The van der Waals surface area contributed by atoms with Gasteiger partial charge < -0.3 is 15.2 Å². The number of thioether (sulfide) groups is 1. The Morgan fingerprint density at radius 2 is 1.91 bits per heavy atom. The van der Waals surface area contributed by atoms with Crippen LogP contribution in [0.5, 0.6) is 0 Å². The number of allylic oxidation sites excluding steroid dienone is 1. The minimum Gasteiger partial charge on any atom is -0.342 e. The molecule has 9 heteroatoms. The van der Waals surface area contributed by atoms with E-state index in [2.05, 4.69) is 27.4 Å². The van der Waals surface area contributed by atoms with Crippen molar-refractivity contribution < 1.29 is 14.0 Å². The second-order valence-electron chi connectivity index (χ2n) is 8.15. The highest BCUT2D eigenvalue weighted by molar-refractivity contribution is 7.99. The number of carbonyl (C=O) groups is 2. The van der Waals surface area contributed by atoms with Crippen molar-refractivity contribution in [3.05, 3.63) is 84.0 Å². The van der Waals surface area contributed by atoms with Crippen LogP contribution in [0, 0.1) is 18.7 Å². The highest BCUT2D eigenvalue weighted by atomic mass is 32.2. The Hall–Kier alpha value is -3.46. The number of carbonyl (C=O) groups excluding carboxylic acids is 2. The molecule has 7 nitrogen and oxygen atoms in total. The number of amides is 2. The van der Waals surface area contributed by atoms with Crippen LogP contribution < -0.4 is 10.6 Å². The minimum absolute atomic E-state index is 0.0427. The summed E-state index contributed by atoms with van der Waals surface area (Å²) >= 11 is 1.23. The van der Waals surface area contributed by atoms with Crippen molar-refractivity contribution in [2.45, 2.75) is 38.5 Å². The molecule has 1 aromatic heterocycles. The summed E-state index contributed by atoms with van der Waals surface area (Å²) in [6, 6.07) is 12.6. The lowest BCUT2D eigenvalue weighted by atomic mass is 10.0. The molecule has 0 spiro atoms. The van der Waals surface area contributed by atoms with E-state index in [1.165, 1.54) is 36.0 Å². The maximum atomic E-state index is 13.1. The molecule has 0 saturated carbocycles. The van der Waals surface area contributed by atoms with Gasteiger partial charge in [0.1, 0.15) is 5.82 Å². The molecule has 2 amide bonds. The standard InChI is InChI=1S/C25H28FN5O2S/c1-5-13-31-23(22(16(2)3)28-24(33)18-8-6-7-17(4)14-18)29-30-25(31)34-15-21(32)27-20-11-9-19(26)10-12-20/h5-12,14,16,22H,1,13,15H2,2-4H3,(H,27,32)(H,28,33)/t22-/m0/s1. The second-order valence-corrected chi connectivity index (χ2v) is 9.09. The van der Waals surface area contributed by atoms with E-state index >= 15 is 0 Å². The largest absolute Gasteiger partial charge is 0.342 e. The third-order valence-electron chi connectivity index (χ3n) is 5.03. The first-order valence-corrected chi connectivity index (χ1v) is 11.9. The number of nitrogens with one attached hydrogen (secondary N) is 2. The molecular formula is C25H28FN5O2S. The zero-order valence-electron chi connectivity index (χ0n) is 19.4. The number of rotatable bonds is 10. The molecular weight excluding hydrogens is 453 g/mol. The van der Waals surface area contributed by atoms with Crippen molar-refractivity contribution in [3.63, 3.8) is 0 Å².